The van der Waals surface area contributed by atoms with Gasteiger partial charge in [-0.2, -0.15) is 0 Å². The third kappa shape index (κ3) is 6.72. The van der Waals surface area contributed by atoms with Gasteiger partial charge < -0.3 is 9.84 Å². The Hall–Kier alpha value is -4.22. The van der Waals surface area contributed by atoms with Crippen LogP contribution in [0.4, 0.5) is 0 Å². The SMILES string of the molecule is CC/C(=C(\c1ccc(O)cc1)c1ccc(OCCN(C)CC2=CC(=O)C=CC2=O)cc1)c1ccccc1. The van der Waals surface area contributed by atoms with E-state index in [4.69, 9.17) is 4.74 Å². The van der Waals surface area contributed by atoms with Gasteiger partial charge in [-0.05, 0) is 83.8 Å². The van der Waals surface area contributed by atoms with E-state index in [1.807, 2.05) is 54.4 Å². The number of hydrogen-bond donors (Lipinski definition) is 1. The first-order valence-electron chi connectivity index (χ1n) is 12.4. The predicted molar refractivity (Wildman–Crippen MR) is 147 cm³/mol. The molecule has 0 radical (unpaired) electrons. The van der Waals surface area contributed by atoms with Crippen molar-refractivity contribution in [1.82, 2.24) is 4.90 Å². The Morgan fingerprint density at radius 3 is 2.14 bits per heavy atom. The van der Waals surface area contributed by atoms with Crippen molar-refractivity contribution in [2.75, 3.05) is 26.7 Å². The second-order valence-corrected chi connectivity index (χ2v) is 9.00. The number of likely N-dealkylation sites (N-methyl/N-ethyl adjacent to an activating group) is 1. The van der Waals surface area contributed by atoms with E-state index in [9.17, 15) is 14.7 Å². The lowest BCUT2D eigenvalue weighted by atomic mass is 9.88. The summed E-state index contributed by atoms with van der Waals surface area (Å²) in [5.41, 5.74) is 6.11. The number of benzene rings is 3. The number of aromatic hydroxyl groups is 1. The van der Waals surface area contributed by atoms with E-state index in [-0.39, 0.29) is 17.3 Å². The molecular formula is C32H31NO4. The molecule has 0 bridgehead atoms. The molecule has 5 heteroatoms. The molecule has 5 nitrogen and oxygen atoms in total. The number of ether oxygens (including phenoxy) is 1. The minimum atomic E-state index is -0.154. The fraction of sp³-hybridized carbons (Fsp3) is 0.188. The molecular weight excluding hydrogens is 462 g/mol. The summed E-state index contributed by atoms with van der Waals surface area (Å²) in [5.74, 6) is 0.716. The maximum Gasteiger partial charge on any atom is 0.183 e. The topological polar surface area (TPSA) is 66.8 Å². The van der Waals surface area contributed by atoms with Crippen LogP contribution >= 0.6 is 0 Å². The summed E-state index contributed by atoms with van der Waals surface area (Å²) in [6.07, 6.45) is 4.87. The molecule has 3 aromatic carbocycles. The van der Waals surface area contributed by atoms with Crippen molar-refractivity contribution in [3.05, 3.63) is 119 Å². The fourth-order valence-electron chi connectivity index (χ4n) is 4.39. The van der Waals surface area contributed by atoms with Gasteiger partial charge in [0.1, 0.15) is 18.1 Å². The van der Waals surface area contributed by atoms with E-state index in [1.54, 1.807) is 12.1 Å². The summed E-state index contributed by atoms with van der Waals surface area (Å²) in [7, 11) is 1.90. The zero-order valence-corrected chi connectivity index (χ0v) is 21.2. The Kier molecular flexibility index (Phi) is 8.49. The molecule has 0 aromatic heterocycles. The lowest BCUT2D eigenvalue weighted by molar-refractivity contribution is -0.114. The van der Waals surface area contributed by atoms with E-state index < -0.39 is 0 Å². The summed E-state index contributed by atoms with van der Waals surface area (Å²) in [5, 5.41) is 9.82. The van der Waals surface area contributed by atoms with Gasteiger partial charge in [0.15, 0.2) is 11.6 Å². The smallest absolute Gasteiger partial charge is 0.183 e. The van der Waals surface area contributed by atoms with E-state index in [1.165, 1.54) is 29.4 Å². The lowest BCUT2D eigenvalue weighted by Crippen LogP contribution is -2.29. The maximum atomic E-state index is 12.0. The van der Waals surface area contributed by atoms with Gasteiger partial charge >= 0.3 is 0 Å². The Morgan fingerprint density at radius 1 is 0.838 bits per heavy atom. The molecule has 0 saturated carbocycles. The molecule has 0 unspecified atom stereocenters. The van der Waals surface area contributed by atoms with Crippen LogP contribution in [0.1, 0.15) is 30.0 Å². The molecule has 4 rings (SSSR count). The number of phenols is 1. The molecule has 0 aliphatic heterocycles. The molecule has 1 N–H and O–H groups in total. The van der Waals surface area contributed by atoms with Crippen molar-refractivity contribution in [2.24, 2.45) is 0 Å². The number of carbonyl (C=O) groups is 2. The zero-order chi connectivity index (χ0) is 26.2. The van der Waals surface area contributed by atoms with Crippen molar-refractivity contribution >= 4 is 22.7 Å². The highest BCUT2D eigenvalue weighted by atomic mass is 16.5. The summed E-state index contributed by atoms with van der Waals surface area (Å²) in [6, 6.07) is 25.7. The first-order chi connectivity index (χ1) is 17.9. The molecule has 1 aliphatic rings. The van der Waals surface area contributed by atoms with Crippen molar-refractivity contribution in [1.29, 1.82) is 0 Å². The Labute approximate surface area is 218 Å². The third-order valence-electron chi connectivity index (χ3n) is 6.29. The molecule has 0 atom stereocenters. The van der Waals surface area contributed by atoms with Gasteiger partial charge in [-0.1, -0.05) is 61.5 Å². The molecule has 37 heavy (non-hydrogen) atoms. The van der Waals surface area contributed by atoms with Gasteiger partial charge in [0.05, 0.1) is 0 Å². The molecule has 3 aromatic rings. The first kappa shape index (κ1) is 25.9. The van der Waals surface area contributed by atoms with Crippen LogP contribution in [-0.4, -0.2) is 48.3 Å². The summed E-state index contributed by atoms with van der Waals surface area (Å²) in [6.45, 7) is 3.61. The third-order valence-corrected chi connectivity index (χ3v) is 6.29. The van der Waals surface area contributed by atoms with Gasteiger partial charge in [0, 0.05) is 18.7 Å². The maximum absolute atomic E-state index is 12.0. The van der Waals surface area contributed by atoms with Crippen molar-refractivity contribution in [3.63, 3.8) is 0 Å². The number of allylic oxidation sites excluding steroid dienone is 4. The quantitative estimate of drug-likeness (QED) is 0.290. The summed E-state index contributed by atoms with van der Waals surface area (Å²) < 4.78 is 5.97. The minimum Gasteiger partial charge on any atom is -0.508 e. The normalized spacial score (nSPS) is 14.0. The Balaban J connectivity index is 1.48. The molecule has 0 spiro atoms. The average molecular weight is 494 g/mol. The van der Waals surface area contributed by atoms with Gasteiger partial charge in [-0.15, -0.1) is 0 Å². The van der Waals surface area contributed by atoms with E-state index in [0.717, 1.165) is 28.9 Å². The van der Waals surface area contributed by atoms with Crippen LogP contribution in [0.25, 0.3) is 11.1 Å². The average Bonchev–Trinajstić information content (AvgIpc) is 2.91. The van der Waals surface area contributed by atoms with Crippen molar-refractivity contribution in [2.45, 2.75) is 13.3 Å². The monoisotopic (exact) mass is 493 g/mol. The summed E-state index contributed by atoms with van der Waals surface area (Å²) in [4.78, 5) is 25.5. The highest BCUT2D eigenvalue weighted by Gasteiger charge is 2.16. The molecule has 0 amide bonds. The highest BCUT2D eigenvalue weighted by molar-refractivity contribution is 6.17. The number of nitrogens with zero attached hydrogens (tertiary/aromatic N) is 1. The summed E-state index contributed by atoms with van der Waals surface area (Å²) >= 11 is 0. The number of carbonyl (C=O) groups excluding carboxylic acids is 2. The van der Waals surface area contributed by atoms with Gasteiger partial charge in [0.25, 0.3) is 0 Å². The van der Waals surface area contributed by atoms with Gasteiger partial charge in [-0.25, -0.2) is 0 Å². The van der Waals surface area contributed by atoms with Crippen LogP contribution in [0.15, 0.2) is 103 Å². The van der Waals surface area contributed by atoms with Crippen LogP contribution in [-0.2, 0) is 9.59 Å². The van der Waals surface area contributed by atoms with Crippen LogP contribution in [0.5, 0.6) is 11.5 Å². The van der Waals surface area contributed by atoms with Crippen LogP contribution in [0, 0.1) is 0 Å². The number of rotatable bonds is 10. The minimum absolute atomic E-state index is 0.123. The second kappa shape index (κ2) is 12.2. The first-order valence-corrected chi connectivity index (χ1v) is 12.4. The van der Waals surface area contributed by atoms with Crippen LogP contribution in [0.2, 0.25) is 0 Å². The van der Waals surface area contributed by atoms with Crippen LogP contribution in [0.3, 0.4) is 0 Å². The Bertz CT molecular complexity index is 1330. The molecule has 0 fully saturated rings. The molecule has 1 aliphatic carbocycles. The van der Waals surface area contributed by atoms with Gasteiger partial charge in [0.2, 0.25) is 0 Å². The van der Waals surface area contributed by atoms with E-state index in [2.05, 4.69) is 31.2 Å². The van der Waals surface area contributed by atoms with Gasteiger partial charge in [-0.3, -0.25) is 14.5 Å². The predicted octanol–water partition coefficient (Wildman–Crippen LogP) is 5.71. The fourth-order valence-corrected chi connectivity index (χ4v) is 4.39. The lowest BCUT2D eigenvalue weighted by Gasteiger charge is -2.19. The molecule has 0 saturated heterocycles. The van der Waals surface area contributed by atoms with Crippen molar-refractivity contribution < 1.29 is 19.4 Å². The molecule has 0 heterocycles. The molecule has 188 valence electrons. The van der Waals surface area contributed by atoms with E-state index >= 15 is 0 Å². The van der Waals surface area contributed by atoms with Crippen molar-refractivity contribution in [3.8, 4) is 11.5 Å². The number of hydrogen-bond acceptors (Lipinski definition) is 5. The second-order valence-electron chi connectivity index (χ2n) is 9.00. The van der Waals surface area contributed by atoms with Crippen LogP contribution < -0.4 is 4.74 Å². The zero-order valence-electron chi connectivity index (χ0n) is 21.2. The van der Waals surface area contributed by atoms with E-state index in [0.29, 0.717) is 25.3 Å². The standard InChI is InChI=1S/C32H31NO4/c1-3-30(23-7-5-4-6-8-23)32(24-9-13-27(34)14-10-24)25-11-16-29(17-12-25)37-20-19-33(2)22-26-21-28(35)15-18-31(26)36/h4-18,21,34H,3,19-20,22H2,1-2H3/b32-30-. The number of phenolic OH excluding ortho intramolecular Hbond substituents is 1. The number of ketones is 2. The Morgan fingerprint density at radius 2 is 1.49 bits per heavy atom. The highest BCUT2D eigenvalue weighted by Crippen LogP contribution is 2.35. The largest absolute Gasteiger partial charge is 0.508 e.